The molecule has 0 saturated carbocycles. The summed E-state index contributed by atoms with van der Waals surface area (Å²) in [5, 5.41) is 5.62. The quantitative estimate of drug-likeness (QED) is 0.709. The van der Waals surface area contributed by atoms with Crippen molar-refractivity contribution < 1.29 is 14.0 Å². The average Bonchev–Trinajstić information content (AvgIpc) is 2.60. The zero-order valence-electron chi connectivity index (χ0n) is 15.7. The average molecular weight is 435 g/mol. The summed E-state index contributed by atoms with van der Waals surface area (Å²) in [6.07, 6.45) is 0.114. The van der Waals surface area contributed by atoms with Crippen molar-refractivity contribution in [3.8, 4) is 0 Å². The van der Waals surface area contributed by atoms with Crippen LogP contribution in [0.4, 0.5) is 4.39 Å². The fourth-order valence-corrected chi connectivity index (χ4v) is 2.84. The summed E-state index contributed by atoms with van der Waals surface area (Å²) in [5.41, 5.74) is 0.658. The second-order valence-electron chi connectivity index (χ2n) is 7.33. The molecule has 0 aliphatic carbocycles. The van der Waals surface area contributed by atoms with Gasteiger partial charge in [0.2, 0.25) is 11.8 Å². The Kier molecular flexibility index (Phi) is 7.13. The van der Waals surface area contributed by atoms with Crippen LogP contribution in [0, 0.1) is 11.2 Å². The van der Waals surface area contributed by atoms with Gasteiger partial charge < -0.3 is 10.6 Å². The van der Waals surface area contributed by atoms with E-state index in [1.807, 2.05) is 51.1 Å². The van der Waals surface area contributed by atoms with E-state index >= 15 is 0 Å². The standard InChI is InChI=1S/C21H24BrFN2O2/c1-21(2,3)20(27)24-12-11-18(26)25-19(14-7-5-4-6-8-14)16-10-9-15(22)13-17(16)23/h4-10,13,19H,11-12H2,1-3H3,(H,24,27)(H,25,26). The molecule has 0 aromatic heterocycles. The Labute approximate surface area is 167 Å². The molecule has 2 aromatic carbocycles. The van der Waals surface area contributed by atoms with Crippen LogP contribution in [-0.4, -0.2) is 18.4 Å². The lowest BCUT2D eigenvalue weighted by molar-refractivity contribution is -0.128. The third-order valence-electron chi connectivity index (χ3n) is 4.03. The van der Waals surface area contributed by atoms with Gasteiger partial charge in [-0.2, -0.15) is 0 Å². The number of amides is 2. The zero-order chi connectivity index (χ0) is 20.0. The van der Waals surface area contributed by atoms with Gasteiger partial charge in [0.15, 0.2) is 0 Å². The number of halogens is 2. The van der Waals surface area contributed by atoms with Gasteiger partial charge in [-0.15, -0.1) is 0 Å². The van der Waals surface area contributed by atoms with E-state index in [1.54, 1.807) is 12.1 Å². The van der Waals surface area contributed by atoms with E-state index in [-0.39, 0.29) is 24.8 Å². The summed E-state index contributed by atoms with van der Waals surface area (Å²) in [4.78, 5) is 24.3. The van der Waals surface area contributed by atoms with E-state index in [1.165, 1.54) is 6.07 Å². The largest absolute Gasteiger partial charge is 0.355 e. The molecular weight excluding hydrogens is 411 g/mol. The maximum absolute atomic E-state index is 14.5. The summed E-state index contributed by atoms with van der Waals surface area (Å²) in [6.45, 7) is 5.66. The number of hydrogen-bond acceptors (Lipinski definition) is 2. The first-order valence-electron chi connectivity index (χ1n) is 8.76. The van der Waals surface area contributed by atoms with Gasteiger partial charge in [0, 0.05) is 28.4 Å². The normalized spacial score (nSPS) is 12.3. The lowest BCUT2D eigenvalue weighted by atomic mass is 9.96. The first kappa shape index (κ1) is 21.1. The van der Waals surface area contributed by atoms with Crippen LogP contribution in [0.25, 0.3) is 0 Å². The summed E-state index contributed by atoms with van der Waals surface area (Å²) in [6, 6.07) is 13.4. The number of hydrogen-bond donors (Lipinski definition) is 2. The second kappa shape index (κ2) is 9.13. The highest BCUT2D eigenvalue weighted by atomic mass is 79.9. The number of carbonyl (C=O) groups is 2. The van der Waals surface area contributed by atoms with Gasteiger partial charge in [-0.25, -0.2) is 4.39 Å². The zero-order valence-corrected chi connectivity index (χ0v) is 17.3. The van der Waals surface area contributed by atoms with Gasteiger partial charge >= 0.3 is 0 Å². The fraction of sp³-hybridized carbons (Fsp3) is 0.333. The lowest BCUT2D eigenvalue weighted by Gasteiger charge is -2.21. The Morgan fingerprint density at radius 2 is 1.78 bits per heavy atom. The molecule has 0 aliphatic rings. The van der Waals surface area contributed by atoms with Crippen LogP contribution in [0.5, 0.6) is 0 Å². The SMILES string of the molecule is CC(C)(C)C(=O)NCCC(=O)NC(c1ccccc1)c1ccc(Br)cc1F. The molecule has 4 nitrogen and oxygen atoms in total. The van der Waals surface area contributed by atoms with Crippen molar-refractivity contribution in [2.24, 2.45) is 5.41 Å². The predicted molar refractivity (Wildman–Crippen MR) is 108 cm³/mol. The van der Waals surface area contributed by atoms with Gasteiger partial charge in [-0.1, -0.05) is 73.1 Å². The molecule has 6 heteroatoms. The molecule has 2 rings (SSSR count). The van der Waals surface area contributed by atoms with Gasteiger partial charge in [0.25, 0.3) is 0 Å². The van der Waals surface area contributed by atoms with E-state index in [9.17, 15) is 14.0 Å². The van der Waals surface area contributed by atoms with Gasteiger partial charge in [-0.05, 0) is 17.7 Å². The predicted octanol–water partition coefficient (Wildman–Crippen LogP) is 4.35. The maximum Gasteiger partial charge on any atom is 0.225 e. The molecule has 27 heavy (non-hydrogen) atoms. The molecule has 1 atom stereocenters. The van der Waals surface area contributed by atoms with Crippen molar-refractivity contribution in [3.05, 3.63) is 69.9 Å². The highest BCUT2D eigenvalue weighted by molar-refractivity contribution is 9.10. The third-order valence-corrected chi connectivity index (χ3v) is 4.52. The highest BCUT2D eigenvalue weighted by Gasteiger charge is 2.22. The summed E-state index contributed by atoms with van der Waals surface area (Å²) in [7, 11) is 0. The van der Waals surface area contributed by atoms with E-state index in [4.69, 9.17) is 0 Å². The van der Waals surface area contributed by atoms with E-state index < -0.39 is 17.3 Å². The highest BCUT2D eigenvalue weighted by Crippen LogP contribution is 2.26. The molecule has 0 radical (unpaired) electrons. The smallest absolute Gasteiger partial charge is 0.225 e. The Balaban J connectivity index is 2.11. The van der Waals surface area contributed by atoms with E-state index in [0.717, 1.165) is 5.56 Å². The Morgan fingerprint density at radius 3 is 2.37 bits per heavy atom. The molecule has 144 valence electrons. The van der Waals surface area contributed by atoms with Crippen LogP contribution in [0.15, 0.2) is 53.0 Å². The maximum atomic E-state index is 14.5. The summed E-state index contributed by atoms with van der Waals surface area (Å²) < 4.78 is 15.1. The summed E-state index contributed by atoms with van der Waals surface area (Å²) in [5.74, 6) is -0.784. The van der Waals surface area contributed by atoms with Crippen LogP contribution in [0.1, 0.15) is 44.4 Å². The van der Waals surface area contributed by atoms with Crippen molar-refractivity contribution in [2.45, 2.75) is 33.2 Å². The number of carbonyl (C=O) groups excluding carboxylic acids is 2. The molecule has 0 heterocycles. The molecule has 0 spiro atoms. The van der Waals surface area contributed by atoms with Crippen LogP contribution in [-0.2, 0) is 9.59 Å². The lowest BCUT2D eigenvalue weighted by Crippen LogP contribution is -2.38. The van der Waals surface area contributed by atoms with Gasteiger partial charge in [0.05, 0.1) is 6.04 Å². The van der Waals surface area contributed by atoms with E-state index in [0.29, 0.717) is 10.0 Å². The number of nitrogens with one attached hydrogen (secondary N) is 2. The van der Waals surface area contributed by atoms with Crippen molar-refractivity contribution in [1.29, 1.82) is 0 Å². The van der Waals surface area contributed by atoms with Crippen molar-refractivity contribution in [3.63, 3.8) is 0 Å². The summed E-state index contributed by atoms with van der Waals surface area (Å²) >= 11 is 3.25. The van der Waals surface area contributed by atoms with Crippen LogP contribution in [0.3, 0.4) is 0 Å². The first-order valence-corrected chi connectivity index (χ1v) is 9.55. The molecule has 2 aromatic rings. The monoisotopic (exact) mass is 434 g/mol. The molecule has 2 N–H and O–H groups in total. The molecule has 1 unspecified atom stereocenters. The Hall–Kier alpha value is -2.21. The first-order chi connectivity index (χ1) is 12.7. The molecule has 0 bridgehead atoms. The Bertz CT molecular complexity index is 804. The fourth-order valence-electron chi connectivity index (χ4n) is 2.51. The Morgan fingerprint density at radius 1 is 1.11 bits per heavy atom. The van der Waals surface area contributed by atoms with Crippen LogP contribution < -0.4 is 10.6 Å². The molecule has 0 aliphatic heterocycles. The minimum absolute atomic E-state index is 0.114. The third kappa shape index (κ3) is 6.17. The number of rotatable bonds is 6. The second-order valence-corrected chi connectivity index (χ2v) is 8.25. The van der Waals surface area contributed by atoms with Crippen LogP contribution >= 0.6 is 15.9 Å². The van der Waals surface area contributed by atoms with Gasteiger partial charge in [0.1, 0.15) is 5.82 Å². The minimum Gasteiger partial charge on any atom is -0.355 e. The van der Waals surface area contributed by atoms with E-state index in [2.05, 4.69) is 26.6 Å². The van der Waals surface area contributed by atoms with Gasteiger partial charge in [-0.3, -0.25) is 9.59 Å². The molecule has 2 amide bonds. The van der Waals surface area contributed by atoms with Crippen LogP contribution in [0.2, 0.25) is 0 Å². The molecular formula is C21H24BrFN2O2. The van der Waals surface area contributed by atoms with Crippen molar-refractivity contribution in [2.75, 3.05) is 6.54 Å². The number of benzene rings is 2. The molecule has 0 saturated heterocycles. The van der Waals surface area contributed by atoms with Crippen molar-refractivity contribution >= 4 is 27.7 Å². The molecule has 0 fully saturated rings. The topological polar surface area (TPSA) is 58.2 Å². The van der Waals surface area contributed by atoms with Crippen molar-refractivity contribution in [1.82, 2.24) is 10.6 Å². The minimum atomic E-state index is -0.606.